The minimum Gasteiger partial charge on any atom is -0.284 e. The van der Waals surface area contributed by atoms with Gasteiger partial charge < -0.3 is 0 Å². The summed E-state index contributed by atoms with van der Waals surface area (Å²) in [4.78, 5) is 52.5. The molecule has 0 N–H and O–H groups in total. The molecule has 0 bridgehead atoms. The van der Waals surface area contributed by atoms with Crippen LogP contribution in [0.1, 0.15) is 6.92 Å². The molecular weight excluding hydrogens is 276 g/mol. The van der Waals surface area contributed by atoms with E-state index in [0.29, 0.717) is 6.54 Å². The molecule has 0 unspecified atom stereocenters. The largest absolute Gasteiger partial charge is 0.284 e. The SMILES string of the molecule is C[C@H](CN1CC(=O)N(C)C(=O)C1)N1CC(=O)N(C)C(=O)C1. The fourth-order valence-corrected chi connectivity index (χ4v) is 2.47. The third-order valence-corrected chi connectivity index (χ3v) is 4.04. The normalized spacial score (nSPS) is 24.0. The van der Waals surface area contributed by atoms with Crippen molar-refractivity contribution in [2.45, 2.75) is 13.0 Å². The van der Waals surface area contributed by atoms with Gasteiger partial charge in [0.1, 0.15) is 0 Å². The van der Waals surface area contributed by atoms with Crippen molar-refractivity contribution in [1.29, 1.82) is 0 Å². The van der Waals surface area contributed by atoms with Crippen molar-refractivity contribution in [2.75, 3.05) is 46.8 Å². The topological polar surface area (TPSA) is 81.2 Å². The molecule has 8 nitrogen and oxygen atoms in total. The van der Waals surface area contributed by atoms with E-state index in [2.05, 4.69) is 0 Å². The van der Waals surface area contributed by atoms with E-state index in [1.807, 2.05) is 6.92 Å². The highest BCUT2D eigenvalue weighted by Crippen LogP contribution is 2.10. The van der Waals surface area contributed by atoms with Crippen molar-refractivity contribution in [2.24, 2.45) is 0 Å². The van der Waals surface area contributed by atoms with Gasteiger partial charge in [-0.15, -0.1) is 0 Å². The molecule has 2 aliphatic rings. The summed E-state index contributed by atoms with van der Waals surface area (Å²) in [5.74, 6) is -0.930. The van der Waals surface area contributed by atoms with Gasteiger partial charge in [0.05, 0.1) is 26.2 Å². The molecule has 2 aliphatic heterocycles. The van der Waals surface area contributed by atoms with Crippen LogP contribution in [0, 0.1) is 0 Å². The number of likely N-dealkylation sites (N-methyl/N-ethyl adjacent to an activating group) is 2. The summed E-state index contributed by atoms with van der Waals surface area (Å²) in [5.41, 5.74) is 0. The Morgan fingerprint density at radius 2 is 1.19 bits per heavy atom. The monoisotopic (exact) mass is 296 g/mol. The Hall–Kier alpha value is -1.80. The van der Waals surface area contributed by atoms with Crippen molar-refractivity contribution >= 4 is 23.6 Å². The van der Waals surface area contributed by atoms with Crippen LogP contribution in [0.3, 0.4) is 0 Å². The van der Waals surface area contributed by atoms with Gasteiger partial charge in [-0.2, -0.15) is 0 Å². The number of hydrogen-bond acceptors (Lipinski definition) is 6. The molecule has 4 amide bonds. The van der Waals surface area contributed by atoms with Crippen molar-refractivity contribution < 1.29 is 19.2 Å². The quantitative estimate of drug-likeness (QED) is 0.559. The van der Waals surface area contributed by atoms with Gasteiger partial charge in [-0.3, -0.25) is 38.8 Å². The van der Waals surface area contributed by atoms with Crippen molar-refractivity contribution in [3.05, 3.63) is 0 Å². The van der Waals surface area contributed by atoms with E-state index < -0.39 is 0 Å². The second kappa shape index (κ2) is 5.90. The number of piperazine rings is 2. The first-order chi connectivity index (χ1) is 9.79. The van der Waals surface area contributed by atoms with E-state index in [0.717, 1.165) is 9.80 Å². The number of imide groups is 2. The summed E-state index contributed by atoms with van der Waals surface area (Å²) in [6, 6.07) is -0.0874. The first-order valence-corrected chi connectivity index (χ1v) is 6.84. The predicted molar refractivity (Wildman–Crippen MR) is 73.0 cm³/mol. The molecule has 2 heterocycles. The molecule has 0 aromatic rings. The number of amides is 4. The van der Waals surface area contributed by atoms with Gasteiger partial charge in [0.2, 0.25) is 23.6 Å². The number of carbonyl (C=O) groups excluding carboxylic acids is 4. The maximum atomic E-state index is 11.7. The zero-order chi connectivity index (χ0) is 15.7. The summed E-state index contributed by atoms with van der Waals surface area (Å²) < 4.78 is 0. The Kier molecular flexibility index (Phi) is 4.38. The molecule has 0 saturated carbocycles. The Morgan fingerprint density at radius 1 is 0.810 bits per heavy atom. The van der Waals surface area contributed by atoms with Gasteiger partial charge in [-0.1, -0.05) is 0 Å². The van der Waals surface area contributed by atoms with Gasteiger partial charge in [-0.05, 0) is 6.92 Å². The van der Waals surface area contributed by atoms with Crippen molar-refractivity contribution in [3.63, 3.8) is 0 Å². The molecule has 0 aromatic heterocycles. The van der Waals surface area contributed by atoms with E-state index in [-0.39, 0.29) is 55.8 Å². The maximum Gasteiger partial charge on any atom is 0.243 e. The number of rotatable bonds is 3. The summed E-state index contributed by atoms with van der Waals surface area (Å²) in [6.45, 7) is 3.08. The molecular formula is C13H20N4O4. The van der Waals surface area contributed by atoms with Crippen LogP contribution in [0.2, 0.25) is 0 Å². The highest BCUT2D eigenvalue weighted by atomic mass is 16.2. The minimum absolute atomic E-state index is 0.0874. The molecule has 2 saturated heterocycles. The highest BCUT2D eigenvalue weighted by molar-refractivity contribution is 5.99. The lowest BCUT2D eigenvalue weighted by Crippen LogP contribution is -2.59. The van der Waals surface area contributed by atoms with Crippen LogP contribution in [0.15, 0.2) is 0 Å². The van der Waals surface area contributed by atoms with E-state index in [4.69, 9.17) is 0 Å². The lowest BCUT2D eigenvalue weighted by atomic mass is 10.2. The van der Waals surface area contributed by atoms with E-state index >= 15 is 0 Å². The van der Waals surface area contributed by atoms with Crippen LogP contribution in [-0.4, -0.2) is 96.1 Å². The zero-order valence-electron chi connectivity index (χ0n) is 12.5. The smallest absolute Gasteiger partial charge is 0.243 e. The standard InChI is InChI=1S/C13H20N4O4/c1-9(17-7-12(20)15(3)13(21)8-17)4-16-5-10(18)14(2)11(19)6-16/h9H,4-8H2,1-3H3/t9-/m1/s1. The molecule has 8 heteroatoms. The summed E-state index contributed by atoms with van der Waals surface area (Å²) in [6.07, 6.45) is 0. The molecule has 0 radical (unpaired) electrons. The minimum atomic E-state index is -0.233. The fraction of sp³-hybridized carbons (Fsp3) is 0.692. The predicted octanol–water partition coefficient (Wildman–Crippen LogP) is -2.02. The Balaban J connectivity index is 1.94. The second-order valence-corrected chi connectivity index (χ2v) is 5.62. The van der Waals surface area contributed by atoms with E-state index in [1.54, 1.807) is 9.80 Å². The summed E-state index contributed by atoms with van der Waals surface area (Å²) in [7, 11) is 2.95. The van der Waals surface area contributed by atoms with Crippen LogP contribution in [0.5, 0.6) is 0 Å². The lowest BCUT2D eigenvalue weighted by molar-refractivity contribution is -0.153. The molecule has 2 fully saturated rings. The third kappa shape index (κ3) is 3.27. The summed E-state index contributed by atoms with van der Waals surface area (Å²) >= 11 is 0. The molecule has 21 heavy (non-hydrogen) atoms. The average molecular weight is 296 g/mol. The van der Waals surface area contributed by atoms with Crippen LogP contribution < -0.4 is 0 Å². The van der Waals surface area contributed by atoms with Gasteiger partial charge in [0.15, 0.2) is 0 Å². The molecule has 2 rings (SSSR count). The van der Waals surface area contributed by atoms with Gasteiger partial charge in [0.25, 0.3) is 0 Å². The maximum absolute atomic E-state index is 11.7. The Bertz CT molecular complexity index is 457. The average Bonchev–Trinajstić information content (AvgIpc) is 2.41. The van der Waals surface area contributed by atoms with Crippen LogP contribution in [0.4, 0.5) is 0 Å². The molecule has 1 atom stereocenters. The number of hydrogen-bond donors (Lipinski definition) is 0. The first kappa shape index (κ1) is 15.6. The van der Waals surface area contributed by atoms with Crippen molar-refractivity contribution in [3.8, 4) is 0 Å². The third-order valence-electron chi connectivity index (χ3n) is 4.04. The molecule has 116 valence electrons. The molecule has 0 aliphatic carbocycles. The number of nitrogens with zero attached hydrogens (tertiary/aromatic N) is 4. The van der Waals surface area contributed by atoms with E-state index in [9.17, 15) is 19.2 Å². The lowest BCUT2D eigenvalue weighted by Gasteiger charge is -2.38. The van der Waals surface area contributed by atoms with Gasteiger partial charge in [0, 0.05) is 26.7 Å². The molecule has 0 aromatic carbocycles. The van der Waals surface area contributed by atoms with Crippen LogP contribution in [-0.2, 0) is 19.2 Å². The van der Waals surface area contributed by atoms with Crippen LogP contribution in [0.25, 0.3) is 0 Å². The highest BCUT2D eigenvalue weighted by Gasteiger charge is 2.33. The fourth-order valence-electron chi connectivity index (χ4n) is 2.47. The van der Waals surface area contributed by atoms with Crippen LogP contribution >= 0.6 is 0 Å². The molecule has 0 spiro atoms. The Labute approximate surface area is 123 Å². The summed E-state index contributed by atoms with van der Waals surface area (Å²) in [5, 5.41) is 0. The van der Waals surface area contributed by atoms with Gasteiger partial charge >= 0.3 is 0 Å². The zero-order valence-corrected chi connectivity index (χ0v) is 12.5. The first-order valence-electron chi connectivity index (χ1n) is 6.84. The number of carbonyl (C=O) groups is 4. The second-order valence-electron chi connectivity index (χ2n) is 5.62. The van der Waals surface area contributed by atoms with Crippen molar-refractivity contribution in [1.82, 2.24) is 19.6 Å². The Morgan fingerprint density at radius 3 is 1.62 bits per heavy atom. The van der Waals surface area contributed by atoms with Gasteiger partial charge in [-0.25, -0.2) is 0 Å². The van der Waals surface area contributed by atoms with E-state index in [1.165, 1.54) is 14.1 Å².